The van der Waals surface area contributed by atoms with E-state index in [1.165, 1.54) is 17.4 Å². The zero-order valence-electron chi connectivity index (χ0n) is 15.9. The summed E-state index contributed by atoms with van der Waals surface area (Å²) in [5, 5.41) is 3.36. The lowest BCUT2D eigenvalue weighted by Gasteiger charge is -2.09. The van der Waals surface area contributed by atoms with Gasteiger partial charge in [-0.05, 0) is 41.8 Å². The number of nitrogens with zero attached hydrogens (tertiary/aromatic N) is 2. The molecule has 5 rings (SSSR count). The first-order valence-electron chi connectivity index (χ1n) is 9.25. The first kappa shape index (κ1) is 19.0. The summed E-state index contributed by atoms with van der Waals surface area (Å²) in [5.74, 6) is 0. The summed E-state index contributed by atoms with van der Waals surface area (Å²) in [6.45, 7) is 2.18. The van der Waals surface area contributed by atoms with Crippen LogP contribution in [0.1, 0.15) is 11.1 Å². The summed E-state index contributed by atoms with van der Waals surface area (Å²) in [7, 11) is 0. The van der Waals surface area contributed by atoms with Crippen molar-refractivity contribution in [2.75, 3.05) is 0 Å². The van der Waals surface area contributed by atoms with E-state index < -0.39 is 5.63 Å². The van der Waals surface area contributed by atoms with Crippen molar-refractivity contribution in [2.24, 2.45) is 0 Å². The van der Waals surface area contributed by atoms with Crippen LogP contribution in [0.3, 0.4) is 0 Å². The van der Waals surface area contributed by atoms with Gasteiger partial charge >= 0.3 is 5.63 Å². The summed E-state index contributed by atoms with van der Waals surface area (Å²) in [5.41, 5.74) is 3.50. The van der Waals surface area contributed by atoms with Crippen LogP contribution in [0.25, 0.3) is 32.3 Å². The van der Waals surface area contributed by atoms with Crippen LogP contribution in [-0.4, -0.2) is 9.55 Å². The number of hydrogen-bond donors (Lipinski definition) is 0. The topological polar surface area (TPSA) is 65.1 Å². The van der Waals surface area contributed by atoms with Crippen molar-refractivity contribution < 1.29 is 4.42 Å². The van der Waals surface area contributed by atoms with E-state index in [-0.39, 0.29) is 12.1 Å². The van der Waals surface area contributed by atoms with Crippen molar-refractivity contribution in [3.63, 3.8) is 0 Å². The first-order chi connectivity index (χ1) is 14.5. The first-order valence-corrected chi connectivity index (χ1v) is 10.9. The molecular weight excluding hydrogens is 464 g/mol. The van der Waals surface area contributed by atoms with Gasteiger partial charge in [0, 0.05) is 26.9 Å². The maximum absolute atomic E-state index is 13.3. The number of thiophene rings is 1. The van der Waals surface area contributed by atoms with Gasteiger partial charge in [0.15, 0.2) is 0 Å². The molecular formula is C23H15BrN2O3S. The van der Waals surface area contributed by atoms with Crippen molar-refractivity contribution in [1.29, 1.82) is 0 Å². The molecule has 0 aliphatic heterocycles. The Labute approximate surface area is 183 Å². The zero-order chi connectivity index (χ0) is 20.8. The predicted molar refractivity (Wildman–Crippen MR) is 123 cm³/mol. The normalized spacial score (nSPS) is 11.4. The van der Waals surface area contributed by atoms with Crippen LogP contribution < -0.4 is 11.2 Å². The van der Waals surface area contributed by atoms with Gasteiger partial charge in [0.05, 0.1) is 18.3 Å². The lowest BCUT2D eigenvalue weighted by Crippen LogP contribution is -2.21. The number of aromatic nitrogens is 2. The molecule has 5 aromatic rings. The molecule has 0 saturated carbocycles. The Morgan fingerprint density at radius 3 is 2.70 bits per heavy atom. The molecule has 0 bridgehead atoms. The summed E-state index contributed by atoms with van der Waals surface area (Å²) in [6, 6.07) is 15.0. The van der Waals surface area contributed by atoms with Crippen molar-refractivity contribution >= 4 is 48.5 Å². The van der Waals surface area contributed by atoms with Gasteiger partial charge in [0.25, 0.3) is 5.56 Å². The largest absolute Gasteiger partial charge is 0.423 e. The molecule has 0 N–H and O–H groups in total. The third-order valence-corrected chi connectivity index (χ3v) is 6.46. The number of benzene rings is 2. The van der Waals surface area contributed by atoms with E-state index in [2.05, 4.69) is 20.9 Å². The van der Waals surface area contributed by atoms with Crippen molar-refractivity contribution in [3.05, 3.63) is 96.6 Å². The highest BCUT2D eigenvalue weighted by Crippen LogP contribution is 2.31. The Kier molecular flexibility index (Phi) is 4.64. The molecule has 148 valence electrons. The molecule has 0 atom stereocenters. The average molecular weight is 479 g/mol. The fourth-order valence-corrected chi connectivity index (χ4v) is 4.74. The number of aryl methyl sites for hydroxylation is 1. The number of fused-ring (bicyclic) bond motifs is 2. The molecule has 0 aliphatic rings. The second-order valence-corrected chi connectivity index (χ2v) is 8.88. The number of halogens is 1. The maximum atomic E-state index is 13.3. The van der Waals surface area contributed by atoms with E-state index in [0.717, 1.165) is 32.1 Å². The van der Waals surface area contributed by atoms with Crippen LogP contribution in [-0.2, 0) is 6.54 Å². The van der Waals surface area contributed by atoms with Gasteiger partial charge in [-0.1, -0.05) is 40.2 Å². The van der Waals surface area contributed by atoms with Gasteiger partial charge in [-0.2, -0.15) is 0 Å². The van der Waals surface area contributed by atoms with Crippen LogP contribution >= 0.6 is 27.3 Å². The van der Waals surface area contributed by atoms with E-state index in [4.69, 9.17) is 4.42 Å². The Hall–Kier alpha value is -3.03. The van der Waals surface area contributed by atoms with Crippen molar-refractivity contribution in [1.82, 2.24) is 9.55 Å². The molecule has 0 unspecified atom stereocenters. The molecule has 3 heterocycles. The van der Waals surface area contributed by atoms with Crippen LogP contribution in [0.4, 0.5) is 0 Å². The van der Waals surface area contributed by atoms with E-state index in [0.29, 0.717) is 15.8 Å². The van der Waals surface area contributed by atoms with E-state index in [1.807, 2.05) is 54.8 Å². The van der Waals surface area contributed by atoms with Crippen LogP contribution in [0.2, 0.25) is 0 Å². The minimum absolute atomic E-state index is 0.132. The van der Waals surface area contributed by atoms with Gasteiger partial charge in [-0.15, -0.1) is 11.3 Å². The molecule has 30 heavy (non-hydrogen) atoms. The predicted octanol–water partition coefficient (Wildman–Crippen LogP) is 5.35. The Morgan fingerprint density at radius 2 is 1.90 bits per heavy atom. The molecule has 2 aromatic carbocycles. The Balaban J connectivity index is 1.66. The van der Waals surface area contributed by atoms with Gasteiger partial charge in [-0.25, -0.2) is 9.78 Å². The zero-order valence-corrected chi connectivity index (χ0v) is 18.3. The minimum Gasteiger partial charge on any atom is -0.423 e. The van der Waals surface area contributed by atoms with E-state index in [9.17, 15) is 9.59 Å². The average Bonchev–Trinajstić information content (AvgIpc) is 3.15. The maximum Gasteiger partial charge on any atom is 0.336 e. The SMILES string of the molecule is Cc1ccc2c(Cn3cnc4scc(-c5ccc(Br)cc5)c4c3=O)cc(=O)oc2c1. The highest BCUT2D eigenvalue weighted by molar-refractivity contribution is 9.10. The molecule has 3 aromatic heterocycles. The molecule has 7 heteroatoms. The second kappa shape index (κ2) is 7.34. The minimum atomic E-state index is -0.434. The molecule has 0 amide bonds. The fourth-order valence-electron chi connectivity index (χ4n) is 3.57. The van der Waals surface area contributed by atoms with Crippen LogP contribution in [0, 0.1) is 6.92 Å². The lowest BCUT2D eigenvalue weighted by molar-refractivity contribution is 0.557. The quantitative estimate of drug-likeness (QED) is 0.327. The third-order valence-electron chi connectivity index (χ3n) is 5.04. The summed E-state index contributed by atoms with van der Waals surface area (Å²) >= 11 is 4.89. The molecule has 0 spiro atoms. The molecule has 5 nitrogen and oxygen atoms in total. The Morgan fingerprint density at radius 1 is 1.10 bits per heavy atom. The van der Waals surface area contributed by atoms with Gasteiger partial charge < -0.3 is 4.42 Å². The standard InChI is InChI=1S/C23H15BrN2O3S/c1-13-2-7-17-15(9-20(27)29-19(17)8-13)10-26-12-25-22-21(23(26)28)18(11-30-22)14-3-5-16(24)6-4-14/h2-9,11-12H,10H2,1H3. The number of rotatable bonds is 3. The van der Waals surface area contributed by atoms with Gasteiger partial charge in [-0.3, -0.25) is 9.36 Å². The number of hydrogen-bond acceptors (Lipinski definition) is 5. The monoisotopic (exact) mass is 478 g/mol. The smallest absolute Gasteiger partial charge is 0.336 e. The van der Waals surface area contributed by atoms with Crippen LogP contribution in [0.5, 0.6) is 0 Å². The van der Waals surface area contributed by atoms with Gasteiger partial charge in [0.1, 0.15) is 10.4 Å². The highest BCUT2D eigenvalue weighted by atomic mass is 79.9. The second-order valence-electron chi connectivity index (χ2n) is 7.10. The summed E-state index contributed by atoms with van der Waals surface area (Å²) in [4.78, 5) is 30.6. The summed E-state index contributed by atoms with van der Waals surface area (Å²) < 4.78 is 7.86. The van der Waals surface area contributed by atoms with E-state index >= 15 is 0 Å². The van der Waals surface area contributed by atoms with Gasteiger partial charge in [0.2, 0.25) is 0 Å². The molecule has 0 saturated heterocycles. The van der Waals surface area contributed by atoms with Crippen molar-refractivity contribution in [2.45, 2.75) is 13.5 Å². The summed E-state index contributed by atoms with van der Waals surface area (Å²) in [6.07, 6.45) is 1.54. The highest BCUT2D eigenvalue weighted by Gasteiger charge is 2.15. The molecule has 0 aliphatic carbocycles. The Bertz CT molecular complexity index is 1530. The lowest BCUT2D eigenvalue weighted by atomic mass is 10.1. The molecule has 0 fully saturated rings. The fraction of sp³-hybridized carbons (Fsp3) is 0.0870. The molecule has 0 radical (unpaired) electrons. The van der Waals surface area contributed by atoms with Crippen molar-refractivity contribution in [3.8, 4) is 11.1 Å². The van der Waals surface area contributed by atoms with E-state index in [1.54, 1.807) is 10.9 Å². The van der Waals surface area contributed by atoms with Crippen LogP contribution in [0.15, 0.2) is 78.7 Å². The third kappa shape index (κ3) is 3.30.